The first-order chi connectivity index (χ1) is 12.3. The van der Waals surface area contributed by atoms with Crippen LogP contribution in [-0.4, -0.2) is 42.3 Å². The van der Waals surface area contributed by atoms with Crippen LogP contribution in [0.4, 0.5) is 0 Å². The molecule has 0 radical (unpaired) electrons. The Morgan fingerprint density at radius 1 is 1.23 bits per heavy atom. The number of rotatable bonds is 4. The lowest BCUT2D eigenvalue weighted by molar-refractivity contribution is -0.295. The minimum Gasteiger partial charge on any atom is -0.448 e. The Morgan fingerprint density at radius 3 is 2.62 bits per heavy atom. The van der Waals surface area contributed by atoms with Crippen molar-refractivity contribution in [1.82, 2.24) is 0 Å². The van der Waals surface area contributed by atoms with E-state index in [4.69, 9.17) is 14.2 Å². The third-order valence-corrected chi connectivity index (χ3v) is 7.64. The molecule has 26 heavy (non-hydrogen) atoms. The Labute approximate surface area is 155 Å². The van der Waals surface area contributed by atoms with Crippen molar-refractivity contribution in [3.8, 4) is 0 Å². The molecule has 4 rings (SSSR count). The molecule has 3 aliphatic carbocycles. The van der Waals surface area contributed by atoms with Gasteiger partial charge in [0.1, 0.15) is 11.7 Å². The molecule has 5 nitrogen and oxygen atoms in total. The van der Waals surface area contributed by atoms with Crippen LogP contribution in [0.1, 0.15) is 60.3 Å². The quantitative estimate of drug-likeness (QED) is 0.719. The summed E-state index contributed by atoms with van der Waals surface area (Å²) in [7, 11) is 0. The average Bonchev–Trinajstić information content (AvgIpc) is 2.92. The lowest BCUT2D eigenvalue weighted by atomic mass is 9.56. The Balaban J connectivity index is 2.05. The highest BCUT2D eigenvalue weighted by atomic mass is 16.6. The largest absolute Gasteiger partial charge is 0.448 e. The third-order valence-electron chi connectivity index (χ3n) is 7.64. The van der Waals surface area contributed by atoms with Gasteiger partial charge >= 0.3 is 5.97 Å². The topological polar surface area (TPSA) is 61.8 Å². The number of ketones is 1. The van der Waals surface area contributed by atoms with Gasteiger partial charge in [0.05, 0.1) is 6.42 Å². The van der Waals surface area contributed by atoms with Crippen molar-refractivity contribution >= 4 is 11.8 Å². The predicted octanol–water partition coefficient (Wildman–Crippen LogP) is 3.21. The molecule has 0 spiro atoms. The zero-order valence-electron chi connectivity index (χ0n) is 16.5. The number of carbonyl (C=O) groups excluding carboxylic acids is 2. The van der Waals surface area contributed by atoms with E-state index in [0.29, 0.717) is 26.1 Å². The van der Waals surface area contributed by atoms with E-state index in [-0.39, 0.29) is 29.7 Å². The molecular formula is C21H30O5. The van der Waals surface area contributed by atoms with Crippen molar-refractivity contribution in [1.29, 1.82) is 0 Å². The van der Waals surface area contributed by atoms with Crippen LogP contribution >= 0.6 is 0 Å². The Bertz CT molecular complexity index is 697. The number of hydrogen-bond acceptors (Lipinski definition) is 5. The summed E-state index contributed by atoms with van der Waals surface area (Å²) in [5.74, 6) is 0.214. The van der Waals surface area contributed by atoms with Gasteiger partial charge in [-0.25, -0.2) is 0 Å². The zero-order valence-corrected chi connectivity index (χ0v) is 16.5. The molecule has 1 saturated heterocycles. The second kappa shape index (κ2) is 5.65. The highest BCUT2D eigenvalue weighted by Crippen LogP contribution is 2.73. The third kappa shape index (κ3) is 1.79. The second-order valence-electron chi connectivity index (χ2n) is 8.67. The average molecular weight is 362 g/mol. The number of esters is 1. The normalized spacial score (nSPS) is 47.0. The maximum atomic E-state index is 12.8. The van der Waals surface area contributed by atoms with Gasteiger partial charge in [-0.1, -0.05) is 13.8 Å². The van der Waals surface area contributed by atoms with Crippen LogP contribution in [0.3, 0.4) is 0 Å². The van der Waals surface area contributed by atoms with Gasteiger partial charge in [-0.3, -0.25) is 9.59 Å². The standard InChI is InChI=1S/C21H30O5/c1-6-24-18-12(3)8-9-20(25-7-2)19(5)11-16(23)26-21(18,20)17-13(4)15(22)10-14(17)19/h12,14,18H,6-11H2,1-5H3/t12?,14-,18?,19+,20-,21?/m0/s1. The molecule has 0 aromatic carbocycles. The predicted molar refractivity (Wildman–Crippen MR) is 95.5 cm³/mol. The molecule has 0 aromatic heterocycles. The maximum Gasteiger partial charge on any atom is 0.307 e. The van der Waals surface area contributed by atoms with E-state index in [1.54, 1.807) is 0 Å². The molecule has 6 atom stereocenters. The summed E-state index contributed by atoms with van der Waals surface area (Å²) in [6.45, 7) is 11.2. The molecule has 3 fully saturated rings. The Morgan fingerprint density at radius 2 is 1.96 bits per heavy atom. The molecule has 0 aromatic rings. The molecule has 2 bridgehead atoms. The smallest absolute Gasteiger partial charge is 0.307 e. The molecular weight excluding hydrogens is 332 g/mol. The summed E-state index contributed by atoms with van der Waals surface area (Å²) >= 11 is 0. The minimum atomic E-state index is -0.971. The number of ether oxygens (including phenoxy) is 3. The highest BCUT2D eigenvalue weighted by molar-refractivity contribution is 6.00. The van der Waals surface area contributed by atoms with Crippen molar-refractivity contribution in [2.24, 2.45) is 17.3 Å². The number of hydrogen-bond donors (Lipinski definition) is 0. The summed E-state index contributed by atoms with van der Waals surface area (Å²) in [4.78, 5) is 25.4. The summed E-state index contributed by atoms with van der Waals surface area (Å²) in [5.41, 5.74) is -0.263. The molecule has 0 amide bonds. The fourth-order valence-electron chi connectivity index (χ4n) is 6.72. The van der Waals surface area contributed by atoms with Gasteiger partial charge in [0.15, 0.2) is 11.4 Å². The molecule has 1 heterocycles. The summed E-state index contributed by atoms with van der Waals surface area (Å²) in [6, 6.07) is 0. The van der Waals surface area contributed by atoms with E-state index in [2.05, 4.69) is 13.8 Å². The minimum absolute atomic E-state index is 0.00116. The molecule has 0 N–H and O–H groups in total. The lowest BCUT2D eigenvalue weighted by Gasteiger charge is -2.61. The van der Waals surface area contributed by atoms with Crippen molar-refractivity contribution in [3.05, 3.63) is 11.1 Å². The number of allylic oxidation sites excluding steroid dienone is 1. The molecule has 2 saturated carbocycles. The van der Waals surface area contributed by atoms with Gasteiger partial charge in [-0.05, 0) is 50.7 Å². The van der Waals surface area contributed by atoms with Gasteiger partial charge in [0.2, 0.25) is 0 Å². The fourth-order valence-corrected chi connectivity index (χ4v) is 6.72. The van der Waals surface area contributed by atoms with Crippen molar-refractivity contribution in [2.45, 2.75) is 77.6 Å². The SMILES string of the molecule is CCOC1C(C)CC[C@@]2(OCC)C13OC(=O)C[C@]2(C)[C@H]1CC(=O)C(C)=C13. The van der Waals surface area contributed by atoms with Gasteiger partial charge in [0, 0.05) is 31.0 Å². The summed E-state index contributed by atoms with van der Waals surface area (Å²) in [5, 5.41) is 0. The molecule has 3 unspecified atom stereocenters. The highest BCUT2D eigenvalue weighted by Gasteiger charge is 2.83. The van der Waals surface area contributed by atoms with Crippen LogP contribution in [0.2, 0.25) is 0 Å². The first kappa shape index (κ1) is 18.2. The van der Waals surface area contributed by atoms with Crippen molar-refractivity contribution < 1.29 is 23.8 Å². The maximum absolute atomic E-state index is 12.8. The van der Waals surface area contributed by atoms with Gasteiger partial charge in [0.25, 0.3) is 0 Å². The lowest BCUT2D eigenvalue weighted by Crippen LogP contribution is -2.73. The van der Waals surface area contributed by atoms with Gasteiger partial charge in [-0.15, -0.1) is 0 Å². The van der Waals surface area contributed by atoms with E-state index in [0.717, 1.165) is 24.0 Å². The second-order valence-corrected chi connectivity index (χ2v) is 8.67. The summed E-state index contributed by atoms with van der Waals surface area (Å²) < 4.78 is 19.0. The van der Waals surface area contributed by atoms with Crippen LogP contribution in [0, 0.1) is 17.3 Å². The van der Waals surface area contributed by atoms with E-state index in [9.17, 15) is 9.59 Å². The van der Waals surface area contributed by atoms with Crippen LogP contribution in [0.5, 0.6) is 0 Å². The number of carbonyl (C=O) groups is 2. The first-order valence-electron chi connectivity index (χ1n) is 10.0. The molecule has 144 valence electrons. The van der Waals surface area contributed by atoms with Crippen LogP contribution in [0.15, 0.2) is 11.1 Å². The zero-order chi connectivity index (χ0) is 18.9. The van der Waals surface area contributed by atoms with Crippen LogP contribution < -0.4 is 0 Å². The Kier molecular flexibility index (Phi) is 3.95. The molecule has 5 heteroatoms. The number of Topliss-reactive ketones (excluding diaryl/α,β-unsaturated/α-hetero) is 1. The van der Waals surface area contributed by atoms with E-state index >= 15 is 0 Å². The van der Waals surface area contributed by atoms with Gasteiger partial charge < -0.3 is 14.2 Å². The fraction of sp³-hybridized carbons (Fsp3) is 0.810. The first-order valence-corrected chi connectivity index (χ1v) is 10.0. The Hall–Kier alpha value is -1.20. The summed E-state index contributed by atoms with van der Waals surface area (Å²) in [6.07, 6.45) is 2.27. The van der Waals surface area contributed by atoms with Crippen LogP contribution in [-0.2, 0) is 23.8 Å². The molecule has 4 aliphatic rings. The van der Waals surface area contributed by atoms with E-state index < -0.39 is 16.6 Å². The monoisotopic (exact) mass is 362 g/mol. The van der Waals surface area contributed by atoms with Crippen molar-refractivity contribution in [2.75, 3.05) is 13.2 Å². The van der Waals surface area contributed by atoms with E-state index in [1.807, 2.05) is 20.8 Å². The van der Waals surface area contributed by atoms with Crippen molar-refractivity contribution in [3.63, 3.8) is 0 Å². The molecule has 1 aliphatic heterocycles. The van der Waals surface area contributed by atoms with Gasteiger partial charge in [-0.2, -0.15) is 0 Å². The van der Waals surface area contributed by atoms with E-state index in [1.165, 1.54) is 0 Å². The number of fused-ring (bicyclic) bond motifs is 2. The van der Waals surface area contributed by atoms with Crippen LogP contribution in [0.25, 0.3) is 0 Å².